The number of para-hydroxylation sites is 1. The lowest BCUT2D eigenvalue weighted by atomic mass is 9.78. The molecule has 14 nitrogen and oxygen atoms in total. The number of methoxy groups -OCH3 is 2. The van der Waals surface area contributed by atoms with Crippen molar-refractivity contribution in [2.45, 2.75) is 187 Å². The number of ether oxygens (including phenoxy) is 4. The summed E-state index contributed by atoms with van der Waals surface area (Å²) >= 11 is 0. The fraction of sp³-hybridized carbons (Fsp3) is 0.644. The molecular weight excluding hydrogens is 929 g/mol. The Morgan fingerprint density at radius 2 is 1.63 bits per heavy atom. The number of ketones is 3. The number of aliphatic hydroxyl groups is 3. The second kappa shape index (κ2) is 25.8. The molecule has 3 fully saturated rings. The number of H-pyrrole nitrogens is 1. The van der Waals surface area contributed by atoms with Gasteiger partial charge in [-0.1, -0.05) is 94.8 Å². The molecule has 402 valence electrons. The summed E-state index contributed by atoms with van der Waals surface area (Å²) in [6.45, 7) is 15.0. The van der Waals surface area contributed by atoms with Crippen molar-refractivity contribution in [1.29, 1.82) is 0 Å². The molecule has 14 heteroatoms. The van der Waals surface area contributed by atoms with Crippen LogP contribution in [0.5, 0.6) is 0 Å². The van der Waals surface area contributed by atoms with E-state index in [2.05, 4.69) is 17.1 Å². The molecule has 15 atom stereocenters. The average Bonchev–Trinajstić information content (AvgIpc) is 3.76. The number of benzene rings is 1. The first-order chi connectivity index (χ1) is 34.7. The molecule has 4 N–H and O–H groups in total. The highest BCUT2D eigenvalue weighted by Gasteiger charge is 2.53. The van der Waals surface area contributed by atoms with Crippen molar-refractivity contribution in [3.05, 3.63) is 83.1 Å². The molecule has 2 aromatic rings. The van der Waals surface area contributed by atoms with Crippen LogP contribution in [0.3, 0.4) is 0 Å². The number of aliphatic hydroxyl groups excluding tert-OH is 2. The number of hydrogen-bond donors (Lipinski definition) is 4. The van der Waals surface area contributed by atoms with E-state index in [0.717, 1.165) is 34.0 Å². The summed E-state index contributed by atoms with van der Waals surface area (Å²) in [6.07, 6.45) is 14.0. The normalized spacial score (nSPS) is 37.4. The Morgan fingerprint density at radius 3 is 2.36 bits per heavy atom. The molecule has 2 unspecified atom stereocenters. The lowest BCUT2D eigenvalue weighted by molar-refractivity contribution is -0.264. The molecule has 6 rings (SSSR count). The van der Waals surface area contributed by atoms with Gasteiger partial charge in [-0.3, -0.25) is 19.2 Å². The lowest BCUT2D eigenvalue weighted by Gasteiger charge is -2.43. The number of aromatic nitrogens is 1. The summed E-state index contributed by atoms with van der Waals surface area (Å²) in [4.78, 5) is 76.5. The number of carbonyl (C=O) groups is 5. The Bertz CT molecular complexity index is 2380. The van der Waals surface area contributed by atoms with Gasteiger partial charge in [0.2, 0.25) is 5.79 Å². The first-order valence-electron chi connectivity index (χ1n) is 26.9. The van der Waals surface area contributed by atoms with Gasteiger partial charge in [-0.25, -0.2) is 4.79 Å². The molecule has 0 radical (unpaired) electrons. The second-order valence-electron chi connectivity index (χ2n) is 22.2. The maximum atomic E-state index is 14.6. The molecular formula is C59H84N2O12. The number of cyclic esters (lactones) is 1. The number of nitrogens with zero attached hydrogens (tertiary/aromatic N) is 1. The molecule has 1 saturated carbocycles. The van der Waals surface area contributed by atoms with Gasteiger partial charge in [0.15, 0.2) is 5.78 Å². The summed E-state index contributed by atoms with van der Waals surface area (Å²) in [5, 5.41) is 35.5. The van der Waals surface area contributed by atoms with Gasteiger partial charge < -0.3 is 44.2 Å². The van der Waals surface area contributed by atoms with Gasteiger partial charge in [0, 0.05) is 68.0 Å². The average molecular weight is 1010 g/mol. The SMILES string of the molecule is CO[C@@H]1C[C@H](C[C@@H](C)[C@@H]2CC(=O)[C@H](C)/C=C(\C)[C@@H](O)[C@@H](OC)C(=O)[C@H](C)C[C@H](C)/C=C/C=C/C=C(\C)C(c3cccc4c(C)c[nH]c34)C[C@@H]3CC[C@@H](C)[C@@](O)(O3)C(=O)C(=O)N3CCCCC3C(=O)O2)CC[C@H]1O. The van der Waals surface area contributed by atoms with Crippen LogP contribution >= 0.6 is 0 Å². The van der Waals surface area contributed by atoms with Crippen molar-refractivity contribution in [1.82, 2.24) is 9.88 Å². The minimum absolute atomic E-state index is 0.00519. The zero-order valence-corrected chi connectivity index (χ0v) is 45.0. The van der Waals surface area contributed by atoms with Crippen molar-refractivity contribution in [3.8, 4) is 0 Å². The van der Waals surface area contributed by atoms with Crippen molar-refractivity contribution < 1.29 is 58.2 Å². The first kappa shape index (κ1) is 57.7. The number of aryl methyl sites for hydroxylation is 1. The fourth-order valence-electron chi connectivity index (χ4n) is 11.8. The van der Waals surface area contributed by atoms with Crippen LogP contribution in [0.25, 0.3) is 10.9 Å². The van der Waals surface area contributed by atoms with Crippen molar-refractivity contribution >= 4 is 40.1 Å². The van der Waals surface area contributed by atoms with Crippen molar-refractivity contribution in [2.75, 3.05) is 20.8 Å². The minimum atomic E-state index is -2.45. The van der Waals surface area contributed by atoms with E-state index in [-0.39, 0.29) is 60.7 Å². The van der Waals surface area contributed by atoms with Crippen LogP contribution in [0.1, 0.15) is 143 Å². The van der Waals surface area contributed by atoms with Gasteiger partial charge in [0.1, 0.15) is 30.1 Å². The van der Waals surface area contributed by atoms with Gasteiger partial charge in [-0.2, -0.15) is 0 Å². The quantitative estimate of drug-likeness (QED) is 0.122. The highest BCUT2D eigenvalue weighted by atomic mass is 16.6. The lowest BCUT2D eigenvalue weighted by Crippen LogP contribution is -2.60. The summed E-state index contributed by atoms with van der Waals surface area (Å²) in [7, 11) is 2.96. The van der Waals surface area contributed by atoms with E-state index in [1.165, 1.54) is 12.0 Å². The zero-order valence-electron chi connectivity index (χ0n) is 45.0. The monoisotopic (exact) mass is 1010 g/mol. The zero-order chi connectivity index (χ0) is 53.3. The van der Waals surface area contributed by atoms with E-state index in [0.29, 0.717) is 63.4 Å². The third-order valence-electron chi connectivity index (χ3n) is 16.6. The van der Waals surface area contributed by atoms with Crippen molar-refractivity contribution in [3.63, 3.8) is 0 Å². The van der Waals surface area contributed by atoms with E-state index < -0.39 is 77.8 Å². The van der Waals surface area contributed by atoms with Gasteiger partial charge in [-0.15, -0.1) is 0 Å². The number of Topliss-reactive ketones (excluding diaryl/α,β-unsaturated/α-hetero) is 3. The molecule has 0 spiro atoms. The first-order valence-corrected chi connectivity index (χ1v) is 26.9. The molecule has 4 aliphatic rings. The number of piperidine rings is 1. The third-order valence-corrected chi connectivity index (χ3v) is 16.6. The van der Waals surface area contributed by atoms with E-state index in [1.54, 1.807) is 34.0 Å². The largest absolute Gasteiger partial charge is 0.460 e. The van der Waals surface area contributed by atoms with Crippen LogP contribution in [0.15, 0.2) is 72.0 Å². The van der Waals surface area contributed by atoms with Crippen LogP contribution < -0.4 is 0 Å². The molecule has 1 aromatic heterocycles. The van der Waals surface area contributed by atoms with E-state index >= 15 is 0 Å². The molecule has 4 heterocycles. The predicted molar refractivity (Wildman–Crippen MR) is 280 cm³/mol. The van der Waals surface area contributed by atoms with Crippen LogP contribution in [0.2, 0.25) is 0 Å². The molecule has 1 aromatic carbocycles. The Balaban J connectivity index is 1.36. The molecule has 2 saturated heterocycles. The van der Waals surface area contributed by atoms with Crippen molar-refractivity contribution in [2.24, 2.45) is 35.5 Å². The van der Waals surface area contributed by atoms with Crippen LogP contribution in [-0.2, 0) is 42.9 Å². The van der Waals surface area contributed by atoms with E-state index in [4.69, 9.17) is 18.9 Å². The molecule has 1 aliphatic carbocycles. The second-order valence-corrected chi connectivity index (χ2v) is 22.2. The Labute approximate surface area is 433 Å². The maximum absolute atomic E-state index is 14.6. The number of esters is 1. The smallest absolute Gasteiger partial charge is 0.329 e. The topological polar surface area (TPSA) is 202 Å². The number of amides is 1. The Hall–Kier alpha value is -4.57. The molecule has 1 amide bonds. The van der Waals surface area contributed by atoms with Gasteiger partial charge in [-0.05, 0) is 126 Å². The number of nitrogens with one attached hydrogen (secondary N) is 1. The molecule has 2 bridgehead atoms. The fourth-order valence-corrected chi connectivity index (χ4v) is 11.8. The van der Waals surface area contributed by atoms with Crippen LogP contribution in [0.4, 0.5) is 0 Å². The van der Waals surface area contributed by atoms with Gasteiger partial charge in [0.25, 0.3) is 11.7 Å². The summed E-state index contributed by atoms with van der Waals surface area (Å²) in [6, 6.07) is 5.01. The van der Waals surface area contributed by atoms with Crippen LogP contribution in [0, 0.1) is 42.4 Å². The van der Waals surface area contributed by atoms with Gasteiger partial charge >= 0.3 is 5.97 Å². The van der Waals surface area contributed by atoms with E-state index in [1.807, 2.05) is 77.3 Å². The summed E-state index contributed by atoms with van der Waals surface area (Å²) in [5.74, 6) is -8.24. The standard InChI is InChI=1S/C59H84N2O12/c1-34-17-12-11-13-18-35(2)46(45-20-16-19-44-40(7)33-60-52(44)45)31-43-24-22-41(8)59(69,73-43)56(66)57(67)61-26-15-14-21-47(61)58(68)72-50(37(4)29-42-23-25-48(62)51(30-42)70-9)32-49(63)36(3)28-39(6)54(65)55(71-10)53(64)38(5)27-34/h11-13,16-20,28,33-34,36-38,41-43,46-48,50-51,54-55,60,62,65,69H,14-15,21-27,29-32H2,1-10H3/b13-11+,17-12+,35-18+,39-28+/t34-,36-,37-,38-,41-,42+,43+,46?,47?,48-,50+,51-,54-,55+,59-/m1/s1. The van der Waals surface area contributed by atoms with Crippen LogP contribution in [-0.4, -0.2) is 124 Å². The Kier molecular flexibility index (Phi) is 20.4. The highest BCUT2D eigenvalue weighted by molar-refractivity contribution is 6.39. The molecule has 73 heavy (non-hydrogen) atoms. The Morgan fingerprint density at radius 1 is 0.877 bits per heavy atom. The third kappa shape index (κ3) is 13.8. The number of aromatic amines is 1. The number of allylic oxidation sites excluding steroid dienone is 7. The minimum Gasteiger partial charge on any atom is -0.460 e. The summed E-state index contributed by atoms with van der Waals surface area (Å²) < 4.78 is 24.0. The van der Waals surface area contributed by atoms with E-state index in [9.17, 15) is 39.3 Å². The maximum Gasteiger partial charge on any atom is 0.329 e. The molecule has 3 aliphatic heterocycles. The number of rotatable bonds is 6. The number of carbonyl (C=O) groups excluding carboxylic acids is 5. The highest BCUT2D eigenvalue weighted by Crippen LogP contribution is 2.42. The summed E-state index contributed by atoms with van der Waals surface area (Å²) in [5.41, 5.74) is 4.51. The van der Waals surface area contributed by atoms with Gasteiger partial charge in [0.05, 0.1) is 18.3 Å². The number of fused-ring (bicyclic) bond motifs is 4. The predicted octanol–water partition coefficient (Wildman–Crippen LogP) is 8.74. The number of hydrogen-bond acceptors (Lipinski definition) is 12.